The summed E-state index contributed by atoms with van der Waals surface area (Å²) in [6, 6.07) is 11.3. The van der Waals surface area contributed by atoms with Gasteiger partial charge in [0.1, 0.15) is 5.84 Å². The smallest absolute Gasteiger partial charge is 0.129 e. The molecule has 6 heteroatoms. The molecule has 0 spiro atoms. The first-order chi connectivity index (χ1) is 9.54. The first-order valence-electron chi connectivity index (χ1n) is 6.11. The second kappa shape index (κ2) is 6.57. The van der Waals surface area contributed by atoms with Gasteiger partial charge in [0.15, 0.2) is 0 Å². The first-order valence-corrected chi connectivity index (χ1v) is 7.24. The van der Waals surface area contributed by atoms with E-state index in [1.165, 1.54) is 0 Å². The van der Waals surface area contributed by atoms with Crippen molar-refractivity contribution in [3.63, 3.8) is 0 Å². The summed E-state index contributed by atoms with van der Waals surface area (Å²) in [5.41, 5.74) is 2.96. The monoisotopic (exact) mass is 404 g/mol. The molecule has 0 fully saturated rings. The van der Waals surface area contributed by atoms with Gasteiger partial charge in [-0.2, -0.15) is 0 Å². The molecule has 0 saturated carbocycles. The van der Waals surface area contributed by atoms with Crippen LogP contribution in [-0.2, 0) is 13.1 Å². The molecule has 2 aromatic carbocycles. The summed E-state index contributed by atoms with van der Waals surface area (Å²) < 4.78 is 0. The molecule has 0 radical (unpaired) electrons. The molecule has 3 rings (SSSR count). The highest BCUT2D eigenvalue weighted by atomic mass is 79.9. The van der Waals surface area contributed by atoms with Crippen molar-refractivity contribution in [2.75, 3.05) is 0 Å². The van der Waals surface area contributed by atoms with Crippen molar-refractivity contribution in [2.24, 2.45) is 0 Å². The average molecular weight is 407 g/mol. The van der Waals surface area contributed by atoms with Gasteiger partial charge in [-0.25, -0.2) is 0 Å². The molecule has 21 heavy (non-hydrogen) atoms. The molecule has 1 N–H and O–H groups in total. The Morgan fingerprint density at radius 2 is 1.76 bits per heavy atom. The van der Waals surface area contributed by atoms with Crippen molar-refractivity contribution >= 4 is 57.6 Å². The van der Waals surface area contributed by atoms with Crippen molar-refractivity contribution in [1.29, 1.82) is 5.41 Å². The zero-order valence-corrected chi connectivity index (χ0v) is 14.8. The number of rotatable bonds is 2. The minimum absolute atomic E-state index is 0. The lowest BCUT2D eigenvalue weighted by Gasteiger charge is -2.18. The lowest BCUT2D eigenvalue weighted by atomic mass is 10.1. The van der Waals surface area contributed by atoms with E-state index in [4.69, 9.17) is 40.2 Å². The molecule has 0 amide bonds. The third-order valence-corrected chi connectivity index (χ3v) is 4.30. The van der Waals surface area contributed by atoms with E-state index in [1.807, 2.05) is 35.2 Å². The number of hydrogen-bond donors (Lipinski definition) is 1. The zero-order valence-electron chi connectivity index (χ0n) is 10.9. The topological polar surface area (TPSA) is 27.1 Å². The van der Waals surface area contributed by atoms with Gasteiger partial charge in [-0.1, -0.05) is 46.9 Å². The fourth-order valence-corrected chi connectivity index (χ4v) is 2.95. The van der Waals surface area contributed by atoms with Crippen LogP contribution >= 0.6 is 51.8 Å². The predicted octanol–water partition coefficient (Wildman–Crippen LogP) is 5.57. The maximum absolute atomic E-state index is 8.25. The third kappa shape index (κ3) is 3.37. The molecule has 110 valence electrons. The zero-order chi connectivity index (χ0) is 14.3. The summed E-state index contributed by atoms with van der Waals surface area (Å²) in [4.78, 5) is 1.98. The van der Waals surface area contributed by atoms with Gasteiger partial charge >= 0.3 is 0 Å². The Morgan fingerprint density at radius 1 is 1.05 bits per heavy atom. The summed E-state index contributed by atoms with van der Waals surface area (Å²) >= 11 is 18.0. The molecule has 0 unspecified atom stereocenters. The van der Waals surface area contributed by atoms with Crippen LogP contribution in [0, 0.1) is 5.41 Å². The van der Waals surface area contributed by atoms with Gasteiger partial charge in [-0.05, 0) is 35.4 Å². The van der Waals surface area contributed by atoms with E-state index in [0.29, 0.717) is 34.0 Å². The SMILES string of the molecule is Br.N=C1c2cc(Cl)c(Cl)cc2CN1Cc1cccc(Cl)c1. The van der Waals surface area contributed by atoms with Crippen LogP contribution in [0.5, 0.6) is 0 Å². The lowest BCUT2D eigenvalue weighted by Crippen LogP contribution is -2.23. The van der Waals surface area contributed by atoms with Gasteiger partial charge in [0.05, 0.1) is 10.0 Å². The van der Waals surface area contributed by atoms with Crippen molar-refractivity contribution in [3.05, 3.63) is 68.2 Å². The van der Waals surface area contributed by atoms with Crippen LogP contribution in [0.15, 0.2) is 36.4 Å². The molecule has 0 saturated heterocycles. The second-order valence-electron chi connectivity index (χ2n) is 4.76. The van der Waals surface area contributed by atoms with E-state index in [1.54, 1.807) is 6.07 Å². The molecule has 0 bridgehead atoms. The molecule has 0 atom stereocenters. The maximum Gasteiger partial charge on any atom is 0.129 e. The Balaban J connectivity index is 0.00000161. The highest BCUT2D eigenvalue weighted by Crippen LogP contribution is 2.32. The summed E-state index contributed by atoms with van der Waals surface area (Å²) in [5.74, 6) is 0.471. The molecule has 1 aliphatic heterocycles. The van der Waals surface area contributed by atoms with E-state index in [-0.39, 0.29) is 17.0 Å². The highest BCUT2D eigenvalue weighted by molar-refractivity contribution is 8.93. The molecule has 0 aromatic heterocycles. The van der Waals surface area contributed by atoms with Crippen LogP contribution in [0.2, 0.25) is 15.1 Å². The minimum Gasteiger partial charge on any atom is -0.348 e. The standard InChI is InChI=1S/C15H11Cl3N2.BrH/c16-11-3-1-2-9(4-11)7-20-8-10-5-13(17)14(18)6-12(10)15(20)19;/h1-6,19H,7-8H2;1H. The highest BCUT2D eigenvalue weighted by Gasteiger charge is 2.25. The van der Waals surface area contributed by atoms with E-state index >= 15 is 0 Å². The predicted molar refractivity (Wildman–Crippen MR) is 94.3 cm³/mol. The summed E-state index contributed by atoms with van der Waals surface area (Å²) in [6.45, 7) is 1.31. The number of nitrogens with one attached hydrogen (secondary N) is 1. The summed E-state index contributed by atoms with van der Waals surface area (Å²) in [6.07, 6.45) is 0. The van der Waals surface area contributed by atoms with Gasteiger partial charge < -0.3 is 4.90 Å². The van der Waals surface area contributed by atoms with E-state index < -0.39 is 0 Å². The van der Waals surface area contributed by atoms with Gasteiger partial charge in [0.25, 0.3) is 0 Å². The van der Waals surface area contributed by atoms with Crippen LogP contribution < -0.4 is 0 Å². The minimum atomic E-state index is 0. The Labute approximate surface area is 148 Å². The maximum atomic E-state index is 8.25. The number of nitrogens with zero attached hydrogens (tertiary/aromatic N) is 1. The normalized spacial score (nSPS) is 13.1. The molecule has 1 heterocycles. The first kappa shape index (κ1) is 16.6. The molecule has 2 aromatic rings. The number of fused-ring (bicyclic) bond motifs is 1. The number of amidine groups is 1. The van der Waals surface area contributed by atoms with Crippen molar-refractivity contribution < 1.29 is 0 Å². The molecule has 2 nitrogen and oxygen atoms in total. The number of benzene rings is 2. The van der Waals surface area contributed by atoms with Crippen LogP contribution in [-0.4, -0.2) is 10.7 Å². The van der Waals surface area contributed by atoms with Crippen LogP contribution in [0.4, 0.5) is 0 Å². The van der Waals surface area contributed by atoms with E-state index in [9.17, 15) is 0 Å². The molecular formula is C15H12BrCl3N2. The quantitative estimate of drug-likeness (QED) is 0.694. The Morgan fingerprint density at radius 3 is 2.48 bits per heavy atom. The lowest BCUT2D eigenvalue weighted by molar-refractivity contribution is 0.422. The molecular weight excluding hydrogens is 394 g/mol. The Bertz CT molecular complexity index is 703. The summed E-state index contributed by atoms with van der Waals surface area (Å²) in [5, 5.41) is 9.97. The average Bonchev–Trinajstić information content (AvgIpc) is 2.68. The Hall–Kier alpha value is -0.740. The van der Waals surface area contributed by atoms with Crippen molar-refractivity contribution in [3.8, 4) is 0 Å². The largest absolute Gasteiger partial charge is 0.348 e. The van der Waals surface area contributed by atoms with Crippen LogP contribution in [0.1, 0.15) is 16.7 Å². The second-order valence-corrected chi connectivity index (χ2v) is 6.01. The number of hydrogen-bond acceptors (Lipinski definition) is 1. The van der Waals surface area contributed by atoms with Crippen LogP contribution in [0.3, 0.4) is 0 Å². The van der Waals surface area contributed by atoms with Crippen molar-refractivity contribution in [2.45, 2.75) is 13.1 Å². The van der Waals surface area contributed by atoms with Crippen LogP contribution in [0.25, 0.3) is 0 Å². The van der Waals surface area contributed by atoms with Gasteiger partial charge in [0.2, 0.25) is 0 Å². The van der Waals surface area contributed by atoms with Crippen molar-refractivity contribution in [1.82, 2.24) is 4.90 Å². The van der Waals surface area contributed by atoms with E-state index in [0.717, 1.165) is 16.7 Å². The fraction of sp³-hybridized carbons (Fsp3) is 0.133. The third-order valence-electron chi connectivity index (χ3n) is 3.34. The van der Waals surface area contributed by atoms with Gasteiger partial charge in [-0.15, -0.1) is 17.0 Å². The Kier molecular flexibility index (Phi) is 5.20. The van der Waals surface area contributed by atoms with Gasteiger partial charge in [0, 0.05) is 23.7 Å². The molecule has 0 aliphatic carbocycles. The summed E-state index contributed by atoms with van der Waals surface area (Å²) in [7, 11) is 0. The van der Waals surface area contributed by atoms with Gasteiger partial charge in [-0.3, -0.25) is 5.41 Å². The molecule has 1 aliphatic rings. The fourth-order valence-electron chi connectivity index (χ4n) is 2.38. The number of halogens is 4. The van der Waals surface area contributed by atoms with E-state index in [2.05, 4.69) is 0 Å².